The maximum absolute atomic E-state index is 13.4. The zero-order valence-electron chi connectivity index (χ0n) is 15.6. The SMILES string of the molecule is COc1ncccc1CNc1ccc2nccc(Nc3ccc(F)c(Cl)c3)c2c1. The maximum Gasteiger partial charge on any atom is 0.218 e. The number of hydrogen-bond acceptors (Lipinski definition) is 5. The number of pyridine rings is 2. The first-order valence-electron chi connectivity index (χ1n) is 8.96. The van der Waals surface area contributed by atoms with Crippen LogP contribution in [0.1, 0.15) is 5.56 Å². The standard InChI is InChI=1S/C22H18ClFN4O/c1-29-22-14(3-2-9-26-22)13-27-15-5-7-20-17(11-15)21(8-10-25-20)28-16-4-6-19(24)18(23)12-16/h2-12,27H,13H2,1H3,(H,25,28). The second-order valence-corrected chi connectivity index (χ2v) is 6.78. The molecule has 0 aliphatic heterocycles. The lowest BCUT2D eigenvalue weighted by Gasteiger charge is -2.13. The Bertz CT molecular complexity index is 1170. The van der Waals surface area contributed by atoms with Crippen molar-refractivity contribution in [1.29, 1.82) is 0 Å². The number of nitrogens with one attached hydrogen (secondary N) is 2. The summed E-state index contributed by atoms with van der Waals surface area (Å²) in [4.78, 5) is 8.63. The molecule has 0 unspecified atom stereocenters. The molecule has 0 aliphatic rings. The lowest BCUT2D eigenvalue weighted by atomic mass is 10.1. The van der Waals surface area contributed by atoms with Crippen LogP contribution >= 0.6 is 11.6 Å². The number of aromatic nitrogens is 2. The molecular formula is C22H18ClFN4O. The predicted molar refractivity (Wildman–Crippen MR) is 115 cm³/mol. The average molecular weight is 409 g/mol. The van der Waals surface area contributed by atoms with E-state index in [1.54, 1.807) is 31.6 Å². The highest BCUT2D eigenvalue weighted by Gasteiger charge is 2.07. The summed E-state index contributed by atoms with van der Waals surface area (Å²) in [6.07, 6.45) is 3.42. The number of hydrogen-bond donors (Lipinski definition) is 2. The molecule has 0 atom stereocenters. The molecule has 4 aromatic rings. The summed E-state index contributed by atoms with van der Waals surface area (Å²) >= 11 is 5.90. The Labute approximate surface area is 172 Å². The largest absolute Gasteiger partial charge is 0.481 e. The topological polar surface area (TPSA) is 59.1 Å². The van der Waals surface area contributed by atoms with Gasteiger partial charge in [0.15, 0.2) is 0 Å². The monoisotopic (exact) mass is 408 g/mol. The normalized spacial score (nSPS) is 10.7. The van der Waals surface area contributed by atoms with E-state index >= 15 is 0 Å². The van der Waals surface area contributed by atoms with Gasteiger partial charge in [0.1, 0.15) is 5.82 Å². The van der Waals surface area contributed by atoms with E-state index in [1.807, 2.05) is 36.4 Å². The molecule has 7 heteroatoms. The molecular weight excluding hydrogens is 391 g/mol. The smallest absolute Gasteiger partial charge is 0.218 e. The minimum atomic E-state index is -0.450. The zero-order valence-corrected chi connectivity index (χ0v) is 16.4. The van der Waals surface area contributed by atoms with Crippen molar-refractivity contribution in [2.45, 2.75) is 6.54 Å². The maximum atomic E-state index is 13.4. The minimum absolute atomic E-state index is 0.0705. The molecule has 2 aromatic carbocycles. The van der Waals surface area contributed by atoms with E-state index in [4.69, 9.17) is 16.3 Å². The van der Waals surface area contributed by atoms with Crippen LogP contribution in [0.2, 0.25) is 5.02 Å². The lowest BCUT2D eigenvalue weighted by Crippen LogP contribution is -2.03. The van der Waals surface area contributed by atoms with Crippen molar-refractivity contribution < 1.29 is 9.13 Å². The van der Waals surface area contributed by atoms with Gasteiger partial charge in [0.25, 0.3) is 0 Å². The van der Waals surface area contributed by atoms with Crippen molar-refractivity contribution in [1.82, 2.24) is 9.97 Å². The molecule has 0 saturated heterocycles. The van der Waals surface area contributed by atoms with E-state index in [-0.39, 0.29) is 5.02 Å². The summed E-state index contributed by atoms with van der Waals surface area (Å²) < 4.78 is 18.7. The van der Waals surface area contributed by atoms with Crippen LogP contribution in [-0.2, 0) is 6.54 Å². The first-order valence-corrected chi connectivity index (χ1v) is 9.34. The van der Waals surface area contributed by atoms with Crippen LogP contribution in [0.4, 0.5) is 21.5 Å². The van der Waals surface area contributed by atoms with Crippen LogP contribution in [0.15, 0.2) is 67.0 Å². The van der Waals surface area contributed by atoms with Crippen LogP contribution in [-0.4, -0.2) is 17.1 Å². The highest BCUT2D eigenvalue weighted by atomic mass is 35.5. The Morgan fingerprint density at radius 3 is 2.69 bits per heavy atom. The Morgan fingerprint density at radius 2 is 1.86 bits per heavy atom. The third-order valence-electron chi connectivity index (χ3n) is 4.47. The predicted octanol–water partition coefficient (Wildman–Crippen LogP) is 5.79. The van der Waals surface area contributed by atoms with Gasteiger partial charge in [-0.1, -0.05) is 17.7 Å². The molecule has 0 radical (unpaired) electrons. The average Bonchev–Trinajstić information content (AvgIpc) is 2.75. The number of methoxy groups -OCH3 is 1. The van der Waals surface area contributed by atoms with Crippen LogP contribution in [0, 0.1) is 5.82 Å². The van der Waals surface area contributed by atoms with Crippen molar-refractivity contribution in [2.24, 2.45) is 0 Å². The van der Waals surface area contributed by atoms with Gasteiger partial charge in [0, 0.05) is 47.0 Å². The van der Waals surface area contributed by atoms with E-state index in [1.165, 1.54) is 6.07 Å². The van der Waals surface area contributed by atoms with E-state index in [9.17, 15) is 4.39 Å². The molecule has 146 valence electrons. The Kier molecular flexibility index (Phi) is 5.44. The molecule has 5 nitrogen and oxygen atoms in total. The van der Waals surface area contributed by atoms with E-state index in [2.05, 4.69) is 20.6 Å². The van der Waals surface area contributed by atoms with Crippen LogP contribution in [0.5, 0.6) is 5.88 Å². The number of benzene rings is 2. The second-order valence-electron chi connectivity index (χ2n) is 6.37. The molecule has 2 N–H and O–H groups in total. The van der Waals surface area contributed by atoms with Crippen LogP contribution in [0.3, 0.4) is 0 Å². The van der Waals surface area contributed by atoms with Gasteiger partial charge in [-0.15, -0.1) is 0 Å². The molecule has 0 aliphatic carbocycles. The van der Waals surface area contributed by atoms with Crippen molar-refractivity contribution in [3.63, 3.8) is 0 Å². The summed E-state index contributed by atoms with van der Waals surface area (Å²) in [5, 5.41) is 7.67. The molecule has 0 bridgehead atoms. The van der Waals surface area contributed by atoms with Gasteiger partial charge in [-0.25, -0.2) is 9.37 Å². The molecule has 29 heavy (non-hydrogen) atoms. The number of anilines is 3. The zero-order chi connectivity index (χ0) is 20.2. The molecule has 2 heterocycles. The minimum Gasteiger partial charge on any atom is -0.481 e. The first-order chi connectivity index (χ1) is 14.1. The van der Waals surface area contributed by atoms with Gasteiger partial charge in [-0.2, -0.15) is 0 Å². The number of rotatable bonds is 6. The van der Waals surface area contributed by atoms with Gasteiger partial charge in [-0.05, 0) is 48.5 Å². The Morgan fingerprint density at radius 1 is 1.00 bits per heavy atom. The summed E-state index contributed by atoms with van der Waals surface area (Å²) in [6, 6.07) is 16.2. The molecule has 2 aromatic heterocycles. The number of halogens is 2. The molecule has 0 saturated carbocycles. The van der Waals surface area contributed by atoms with Crippen molar-refractivity contribution >= 4 is 39.6 Å². The van der Waals surface area contributed by atoms with E-state index < -0.39 is 5.82 Å². The van der Waals surface area contributed by atoms with E-state index in [0.717, 1.165) is 27.8 Å². The Hall–Kier alpha value is -3.38. The summed E-state index contributed by atoms with van der Waals surface area (Å²) in [6.45, 7) is 0.569. The van der Waals surface area contributed by atoms with Gasteiger partial charge in [0.05, 0.1) is 17.6 Å². The van der Waals surface area contributed by atoms with Crippen molar-refractivity contribution in [3.8, 4) is 5.88 Å². The second kappa shape index (κ2) is 8.32. The number of ether oxygens (including phenoxy) is 1. The lowest BCUT2D eigenvalue weighted by molar-refractivity contribution is 0.393. The fourth-order valence-electron chi connectivity index (χ4n) is 3.03. The number of nitrogens with zero attached hydrogens (tertiary/aromatic N) is 2. The fraction of sp³-hybridized carbons (Fsp3) is 0.0909. The van der Waals surface area contributed by atoms with Gasteiger partial charge < -0.3 is 15.4 Å². The highest BCUT2D eigenvalue weighted by Crippen LogP contribution is 2.29. The molecule has 4 rings (SSSR count). The number of fused-ring (bicyclic) bond motifs is 1. The third kappa shape index (κ3) is 4.22. The van der Waals surface area contributed by atoms with Gasteiger partial charge in [0.2, 0.25) is 5.88 Å². The summed E-state index contributed by atoms with van der Waals surface area (Å²) in [5.41, 5.74) is 4.27. The fourth-order valence-corrected chi connectivity index (χ4v) is 3.21. The molecule has 0 amide bonds. The van der Waals surface area contributed by atoms with Gasteiger partial charge in [-0.3, -0.25) is 4.98 Å². The van der Waals surface area contributed by atoms with Crippen molar-refractivity contribution in [3.05, 3.63) is 83.4 Å². The Balaban J connectivity index is 1.61. The van der Waals surface area contributed by atoms with E-state index in [0.29, 0.717) is 18.1 Å². The van der Waals surface area contributed by atoms with Crippen LogP contribution in [0.25, 0.3) is 10.9 Å². The highest BCUT2D eigenvalue weighted by molar-refractivity contribution is 6.31. The van der Waals surface area contributed by atoms with Crippen LogP contribution < -0.4 is 15.4 Å². The quantitative estimate of drug-likeness (QED) is 0.423. The first kappa shape index (κ1) is 19.0. The summed E-state index contributed by atoms with van der Waals surface area (Å²) in [5.74, 6) is 0.145. The van der Waals surface area contributed by atoms with Crippen molar-refractivity contribution in [2.75, 3.05) is 17.7 Å². The van der Waals surface area contributed by atoms with Gasteiger partial charge >= 0.3 is 0 Å². The molecule has 0 fully saturated rings. The summed E-state index contributed by atoms with van der Waals surface area (Å²) in [7, 11) is 1.60. The molecule has 0 spiro atoms. The third-order valence-corrected chi connectivity index (χ3v) is 4.76.